The van der Waals surface area contributed by atoms with Gasteiger partial charge in [0.2, 0.25) is 0 Å². The van der Waals surface area contributed by atoms with E-state index in [4.69, 9.17) is 16.3 Å². The van der Waals surface area contributed by atoms with Crippen LogP contribution in [0.1, 0.15) is 23.6 Å². The molecule has 2 aromatic carbocycles. The monoisotopic (exact) mass is 307 g/mol. The molecule has 0 atom stereocenters. The lowest BCUT2D eigenvalue weighted by Gasteiger charge is -2.10. The SMILES string of the molecule is CCc1cc(OCc2cc(CNC)ccc2F)ccc1Cl. The lowest BCUT2D eigenvalue weighted by molar-refractivity contribution is 0.299. The molecule has 1 N–H and O–H groups in total. The van der Waals surface area contributed by atoms with E-state index in [-0.39, 0.29) is 12.4 Å². The molecule has 0 fully saturated rings. The van der Waals surface area contributed by atoms with Gasteiger partial charge in [-0.2, -0.15) is 0 Å². The van der Waals surface area contributed by atoms with Crippen LogP contribution in [0.3, 0.4) is 0 Å². The molecule has 0 aliphatic carbocycles. The highest BCUT2D eigenvalue weighted by Crippen LogP contribution is 2.23. The normalized spacial score (nSPS) is 10.7. The van der Waals surface area contributed by atoms with Crippen LogP contribution in [-0.4, -0.2) is 7.05 Å². The van der Waals surface area contributed by atoms with Crippen molar-refractivity contribution in [1.29, 1.82) is 0 Å². The van der Waals surface area contributed by atoms with E-state index >= 15 is 0 Å². The number of halogens is 2. The van der Waals surface area contributed by atoms with Crippen LogP contribution in [0.4, 0.5) is 4.39 Å². The first-order chi connectivity index (χ1) is 10.1. The molecule has 2 aromatic rings. The van der Waals surface area contributed by atoms with Gasteiger partial charge < -0.3 is 10.1 Å². The van der Waals surface area contributed by atoms with Crippen molar-refractivity contribution in [3.05, 3.63) is 63.9 Å². The topological polar surface area (TPSA) is 21.3 Å². The van der Waals surface area contributed by atoms with Crippen molar-refractivity contribution < 1.29 is 9.13 Å². The molecule has 0 spiro atoms. The number of nitrogens with one attached hydrogen (secondary N) is 1. The highest BCUT2D eigenvalue weighted by atomic mass is 35.5. The second-order valence-corrected chi connectivity index (χ2v) is 5.26. The van der Waals surface area contributed by atoms with Crippen molar-refractivity contribution in [1.82, 2.24) is 5.32 Å². The Morgan fingerprint density at radius 1 is 1.14 bits per heavy atom. The summed E-state index contributed by atoms with van der Waals surface area (Å²) in [5.41, 5.74) is 2.61. The first kappa shape index (κ1) is 15.8. The fourth-order valence-electron chi connectivity index (χ4n) is 2.13. The van der Waals surface area contributed by atoms with E-state index in [1.54, 1.807) is 12.1 Å². The quantitative estimate of drug-likeness (QED) is 0.857. The second-order valence-electron chi connectivity index (χ2n) is 4.85. The van der Waals surface area contributed by atoms with Crippen molar-refractivity contribution in [3.8, 4) is 5.75 Å². The van der Waals surface area contributed by atoms with Gasteiger partial charge >= 0.3 is 0 Å². The molecule has 0 aliphatic heterocycles. The van der Waals surface area contributed by atoms with E-state index in [0.29, 0.717) is 17.9 Å². The summed E-state index contributed by atoms with van der Waals surface area (Å²) in [7, 11) is 1.86. The minimum atomic E-state index is -0.250. The molecule has 112 valence electrons. The average Bonchev–Trinajstić information content (AvgIpc) is 2.49. The van der Waals surface area contributed by atoms with E-state index in [2.05, 4.69) is 5.32 Å². The van der Waals surface area contributed by atoms with Crippen LogP contribution in [0.2, 0.25) is 5.02 Å². The molecule has 4 heteroatoms. The minimum absolute atomic E-state index is 0.203. The van der Waals surface area contributed by atoms with E-state index in [0.717, 1.165) is 22.6 Å². The lowest BCUT2D eigenvalue weighted by Crippen LogP contribution is -2.07. The van der Waals surface area contributed by atoms with Crippen molar-refractivity contribution in [2.24, 2.45) is 0 Å². The Morgan fingerprint density at radius 3 is 2.67 bits per heavy atom. The number of hydrogen-bond acceptors (Lipinski definition) is 2. The molecule has 2 rings (SSSR count). The fourth-order valence-corrected chi connectivity index (χ4v) is 2.38. The van der Waals surface area contributed by atoms with Crippen LogP contribution in [0.15, 0.2) is 36.4 Å². The number of ether oxygens (including phenoxy) is 1. The second kappa shape index (κ2) is 7.43. The molecule has 0 unspecified atom stereocenters. The van der Waals surface area contributed by atoms with Gasteiger partial charge in [0.25, 0.3) is 0 Å². The van der Waals surface area contributed by atoms with Gasteiger partial charge in [0.05, 0.1) is 0 Å². The number of aryl methyl sites for hydroxylation is 1. The van der Waals surface area contributed by atoms with Gasteiger partial charge in [-0.3, -0.25) is 0 Å². The maximum absolute atomic E-state index is 13.8. The Morgan fingerprint density at radius 2 is 1.95 bits per heavy atom. The van der Waals surface area contributed by atoms with Gasteiger partial charge in [0, 0.05) is 17.1 Å². The van der Waals surface area contributed by atoms with E-state index in [9.17, 15) is 4.39 Å². The molecule has 0 aliphatic rings. The molecule has 0 amide bonds. The van der Waals surface area contributed by atoms with E-state index in [1.807, 2.05) is 32.2 Å². The number of rotatable bonds is 6. The van der Waals surface area contributed by atoms with Crippen LogP contribution < -0.4 is 10.1 Å². The third-order valence-corrected chi connectivity index (χ3v) is 3.65. The third-order valence-electron chi connectivity index (χ3n) is 3.28. The Bertz CT molecular complexity index is 616. The van der Waals surface area contributed by atoms with Crippen LogP contribution in [0.25, 0.3) is 0 Å². The molecule has 0 saturated carbocycles. The van der Waals surface area contributed by atoms with Crippen molar-refractivity contribution >= 4 is 11.6 Å². The summed E-state index contributed by atoms with van der Waals surface area (Å²) in [6.45, 7) is 2.94. The standard InChI is InChI=1S/C17H19ClFNO/c1-3-13-9-15(5-6-16(13)18)21-11-14-8-12(10-20-2)4-7-17(14)19/h4-9,20H,3,10-11H2,1-2H3. The van der Waals surface area contributed by atoms with E-state index < -0.39 is 0 Å². The molecular weight excluding hydrogens is 289 g/mol. The van der Waals surface area contributed by atoms with Crippen LogP contribution in [0.5, 0.6) is 5.75 Å². The van der Waals surface area contributed by atoms with Gasteiger partial charge in [-0.15, -0.1) is 0 Å². The van der Waals surface area contributed by atoms with Crippen LogP contribution in [0, 0.1) is 5.82 Å². The Balaban J connectivity index is 2.10. The first-order valence-corrected chi connectivity index (χ1v) is 7.35. The zero-order valence-corrected chi connectivity index (χ0v) is 13.0. The Kier molecular flexibility index (Phi) is 5.59. The van der Waals surface area contributed by atoms with Gasteiger partial charge in [0.15, 0.2) is 0 Å². The number of hydrogen-bond donors (Lipinski definition) is 1. The maximum Gasteiger partial charge on any atom is 0.129 e. The summed E-state index contributed by atoms with van der Waals surface area (Å²) in [4.78, 5) is 0. The van der Waals surface area contributed by atoms with Crippen LogP contribution in [-0.2, 0) is 19.6 Å². The van der Waals surface area contributed by atoms with Gasteiger partial charge in [0.1, 0.15) is 18.2 Å². The highest BCUT2D eigenvalue weighted by Gasteiger charge is 2.06. The summed E-state index contributed by atoms with van der Waals surface area (Å²) >= 11 is 6.07. The molecule has 21 heavy (non-hydrogen) atoms. The molecule has 0 saturated heterocycles. The van der Waals surface area contributed by atoms with Gasteiger partial charge in [-0.25, -0.2) is 4.39 Å². The maximum atomic E-state index is 13.8. The Hall–Kier alpha value is -1.58. The zero-order valence-electron chi connectivity index (χ0n) is 12.2. The molecule has 0 aromatic heterocycles. The van der Waals surface area contributed by atoms with E-state index in [1.165, 1.54) is 6.07 Å². The summed E-state index contributed by atoms with van der Waals surface area (Å²) in [5.74, 6) is 0.453. The molecule has 0 radical (unpaired) electrons. The average molecular weight is 308 g/mol. The highest BCUT2D eigenvalue weighted by molar-refractivity contribution is 6.31. The zero-order chi connectivity index (χ0) is 15.2. The predicted octanol–water partition coefficient (Wildman–Crippen LogP) is 4.34. The summed E-state index contributed by atoms with van der Waals surface area (Å²) in [6, 6.07) is 10.6. The van der Waals surface area contributed by atoms with Crippen LogP contribution >= 0.6 is 11.6 Å². The minimum Gasteiger partial charge on any atom is -0.489 e. The fraction of sp³-hybridized carbons (Fsp3) is 0.294. The van der Waals surface area contributed by atoms with Crippen molar-refractivity contribution in [2.45, 2.75) is 26.5 Å². The van der Waals surface area contributed by atoms with Crippen molar-refractivity contribution in [3.63, 3.8) is 0 Å². The van der Waals surface area contributed by atoms with Crippen molar-refractivity contribution in [2.75, 3.05) is 7.05 Å². The molecular formula is C17H19ClFNO. The lowest BCUT2D eigenvalue weighted by atomic mass is 10.1. The smallest absolute Gasteiger partial charge is 0.129 e. The van der Waals surface area contributed by atoms with Gasteiger partial charge in [-0.1, -0.05) is 24.6 Å². The Labute approximate surface area is 129 Å². The predicted molar refractivity (Wildman–Crippen MR) is 84.3 cm³/mol. The molecule has 0 bridgehead atoms. The summed E-state index contributed by atoms with van der Waals surface area (Å²) < 4.78 is 19.5. The molecule has 2 nitrogen and oxygen atoms in total. The van der Waals surface area contributed by atoms with Gasteiger partial charge in [-0.05, 0) is 54.9 Å². The number of benzene rings is 2. The summed E-state index contributed by atoms with van der Waals surface area (Å²) in [5, 5.41) is 3.78. The first-order valence-electron chi connectivity index (χ1n) is 6.97. The third kappa shape index (κ3) is 4.19. The summed E-state index contributed by atoms with van der Waals surface area (Å²) in [6.07, 6.45) is 0.835. The largest absolute Gasteiger partial charge is 0.489 e. The molecule has 0 heterocycles.